The lowest BCUT2D eigenvalue weighted by atomic mass is 9.97. The lowest BCUT2D eigenvalue weighted by molar-refractivity contribution is -0.137. The second-order valence-electron chi connectivity index (χ2n) is 5.26. The highest BCUT2D eigenvalue weighted by molar-refractivity contribution is 6.05. The van der Waals surface area contributed by atoms with Crippen LogP contribution in [0.25, 0.3) is 0 Å². The van der Waals surface area contributed by atoms with Gasteiger partial charge < -0.3 is 9.73 Å². The first-order chi connectivity index (χ1) is 10.8. The van der Waals surface area contributed by atoms with Gasteiger partial charge in [0.15, 0.2) is 11.5 Å². The average molecular weight is 323 g/mol. The Morgan fingerprint density at radius 3 is 2.65 bits per heavy atom. The first-order valence-electron chi connectivity index (χ1n) is 6.99. The highest BCUT2D eigenvalue weighted by atomic mass is 19.4. The van der Waals surface area contributed by atoms with E-state index in [0.717, 1.165) is 12.1 Å². The number of Topliss-reactive ketones (excluding diaryl/α,β-unsaturated/α-hetero) is 1. The van der Waals surface area contributed by atoms with Gasteiger partial charge in [0, 0.05) is 24.6 Å². The fourth-order valence-electron chi connectivity index (χ4n) is 2.47. The van der Waals surface area contributed by atoms with Gasteiger partial charge in [-0.15, -0.1) is 0 Å². The molecule has 23 heavy (non-hydrogen) atoms. The third kappa shape index (κ3) is 3.13. The van der Waals surface area contributed by atoms with Crippen LogP contribution in [0, 0.1) is 0 Å². The predicted octanol–water partition coefficient (Wildman–Crippen LogP) is 4.07. The number of halogens is 3. The van der Waals surface area contributed by atoms with Crippen LogP contribution in [0.3, 0.4) is 0 Å². The Morgan fingerprint density at radius 2 is 1.96 bits per heavy atom. The van der Waals surface area contributed by atoms with Crippen molar-refractivity contribution in [2.24, 2.45) is 0 Å². The fraction of sp³-hybridized carbons (Fsp3) is 0.250. The summed E-state index contributed by atoms with van der Waals surface area (Å²) < 4.78 is 43.3. The van der Waals surface area contributed by atoms with Crippen LogP contribution in [0.1, 0.15) is 45.1 Å². The van der Waals surface area contributed by atoms with Crippen LogP contribution in [0.2, 0.25) is 0 Å². The van der Waals surface area contributed by atoms with E-state index in [1.54, 1.807) is 0 Å². The number of anilines is 1. The minimum Gasteiger partial charge on any atom is -0.455 e. The number of aryl methyl sites for hydroxylation is 1. The molecule has 1 aromatic heterocycles. The molecule has 1 amide bonds. The second-order valence-corrected chi connectivity index (χ2v) is 5.26. The van der Waals surface area contributed by atoms with Crippen molar-refractivity contribution in [1.82, 2.24) is 0 Å². The highest BCUT2D eigenvalue weighted by Crippen LogP contribution is 2.31. The van der Waals surface area contributed by atoms with E-state index in [2.05, 4.69) is 5.32 Å². The number of benzene rings is 1. The number of hydrogen-bond donors (Lipinski definition) is 1. The van der Waals surface area contributed by atoms with Gasteiger partial charge in [-0.3, -0.25) is 9.59 Å². The molecule has 0 bridgehead atoms. The van der Waals surface area contributed by atoms with Crippen LogP contribution >= 0.6 is 0 Å². The number of fused-ring (bicyclic) bond motifs is 1. The summed E-state index contributed by atoms with van der Waals surface area (Å²) >= 11 is 0. The quantitative estimate of drug-likeness (QED) is 0.906. The number of furan rings is 1. The Hall–Kier alpha value is -2.57. The molecule has 1 aliphatic carbocycles. The molecule has 3 rings (SSSR count). The van der Waals surface area contributed by atoms with E-state index in [4.69, 9.17) is 4.42 Å². The Kier molecular flexibility index (Phi) is 3.71. The van der Waals surface area contributed by atoms with Gasteiger partial charge in [-0.05, 0) is 24.6 Å². The van der Waals surface area contributed by atoms with Crippen LogP contribution in [-0.4, -0.2) is 11.7 Å². The van der Waals surface area contributed by atoms with Crippen molar-refractivity contribution in [1.29, 1.82) is 0 Å². The molecule has 0 unspecified atom stereocenters. The molecule has 1 N–H and O–H groups in total. The van der Waals surface area contributed by atoms with Gasteiger partial charge in [-0.2, -0.15) is 13.2 Å². The predicted molar refractivity (Wildman–Crippen MR) is 75.4 cm³/mol. The molecule has 0 atom stereocenters. The van der Waals surface area contributed by atoms with Crippen molar-refractivity contribution in [3.63, 3.8) is 0 Å². The molecule has 2 aromatic rings. The van der Waals surface area contributed by atoms with Crippen molar-refractivity contribution in [2.75, 3.05) is 5.32 Å². The van der Waals surface area contributed by atoms with E-state index in [0.29, 0.717) is 30.6 Å². The van der Waals surface area contributed by atoms with Gasteiger partial charge in [0.25, 0.3) is 5.91 Å². The Labute approximate surface area is 129 Å². The number of amides is 1. The van der Waals surface area contributed by atoms with Gasteiger partial charge in [-0.1, -0.05) is 6.07 Å². The summed E-state index contributed by atoms with van der Waals surface area (Å²) in [5, 5.41) is 2.35. The Balaban J connectivity index is 1.81. The summed E-state index contributed by atoms with van der Waals surface area (Å²) in [5.41, 5.74) is -0.472. The largest absolute Gasteiger partial charge is 0.455 e. The lowest BCUT2D eigenvalue weighted by Crippen LogP contribution is -2.12. The first kappa shape index (κ1) is 15.3. The SMILES string of the molecule is O=C(Nc1cccc(C(F)(F)F)c1)c1cc2c(o1)CCCC2=O. The Morgan fingerprint density at radius 1 is 1.17 bits per heavy atom. The van der Waals surface area contributed by atoms with E-state index in [1.165, 1.54) is 18.2 Å². The molecule has 0 fully saturated rings. The van der Waals surface area contributed by atoms with Crippen molar-refractivity contribution in [3.8, 4) is 0 Å². The molecule has 120 valence electrons. The molecule has 1 aliphatic rings. The standard InChI is InChI=1S/C16H12F3NO3/c17-16(18,19)9-3-1-4-10(7-9)20-15(22)14-8-11-12(21)5-2-6-13(11)23-14/h1,3-4,7-8H,2,5-6H2,(H,20,22). The zero-order chi connectivity index (χ0) is 16.6. The van der Waals surface area contributed by atoms with Gasteiger partial charge in [-0.25, -0.2) is 0 Å². The summed E-state index contributed by atoms with van der Waals surface area (Å²) in [6, 6.07) is 5.65. The summed E-state index contributed by atoms with van der Waals surface area (Å²) in [6.07, 6.45) is -2.86. The maximum absolute atomic E-state index is 12.7. The summed E-state index contributed by atoms with van der Waals surface area (Å²) in [6.45, 7) is 0. The summed E-state index contributed by atoms with van der Waals surface area (Å²) in [5.74, 6) is -0.405. The molecule has 0 radical (unpaired) electrons. The van der Waals surface area contributed by atoms with Crippen LogP contribution in [-0.2, 0) is 12.6 Å². The molecular formula is C16H12F3NO3. The third-order valence-electron chi connectivity index (χ3n) is 3.59. The monoisotopic (exact) mass is 323 g/mol. The maximum Gasteiger partial charge on any atom is 0.416 e. The topological polar surface area (TPSA) is 59.3 Å². The number of nitrogens with one attached hydrogen (secondary N) is 1. The van der Waals surface area contributed by atoms with Crippen LogP contribution in [0.15, 0.2) is 34.7 Å². The van der Waals surface area contributed by atoms with E-state index in [-0.39, 0.29) is 17.2 Å². The average Bonchev–Trinajstić information content (AvgIpc) is 2.92. The third-order valence-corrected chi connectivity index (χ3v) is 3.59. The molecule has 1 heterocycles. The normalized spacial score (nSPS) is 14.5. The number of carbonyl (C=O) groups is 2. The van der Waals surface area contributed by atoms with Crippen molar-refractivity contribution < 1.29 is 27.2 Å². The molecule has 0 spiro atoms. The Bertz CT molecular complexity index is 777. The fourth-order valence-corrected chi connectivity index (χ4v) is 2.47. The summed E-state index contributed by atoms with van der Waals surface area (Å²) in [4.78, 5) is 23.8. The molecule has 0 saturated heterocycles. The number of carbonyl (C=O) groups excluding carboxylic acids is 2. The number of hydrogen-bond acceptors (Lipinski definition) is 3. The van der Waals surface area contributed by atoms with Crippen molar-refractivity contribution >= 4 is 17.4 Å². The molecule has 0 saturated carbocycles. The minimum atomic E-state index is -4.49. The van der Waals surface area contributed by atoms with Crippen LogP contribution < -0.4 is 5.32 Å². The van der Waals surface area contributed by atoms with Gasteiger partial charge in [0.1, 0.15) is 5.76 Å². The van der Waals surface area contributed by atoms with E-state index in [1.807, 2.05) is 0 Å². The van der Waals surface area contributed by atoms with E-state index >= 15 is 0 Å². The van der Waals surface area contributed by atoms with Crippen molar-refractivity contribution in [3.05, 3.63) is 53.0 Å². The number of ketones is 1. The molecule has 7 heteroatoms. The smallest absolute Gasteiger partial charge is 0.416 e. The number of rotatable bonds is 2. The summed E-state index contributed by atoms with van der Waals surface area (Å²) in [7, 11) is 0. The molecule has 4 nitrogen and oxygen atoms in total. The van der Waals surface area contributed by atoms with E-state index < -0.39 is 17.6 Å². The molecule has 1 aromatic carbocycles. The molecular weight excluding hydrogens is 311 g/mol. The van der Waals surface area contributed by atoms with Crippen LogP contribution in [0.5, 0.6) is 0 Å². The van der Waals surface area contributed by atoms with Crippen molar-refractivity contribution in [2.45, 2.75) is 25.4 Å². The van der Waals surface area contributed by atoms with Gasteiger partial charge in [0.05, 0.1) is 11.1 Å². The zero-order valence-corrected chi connectivity index (χ0v) is 11.9. The van der Waals surface area contributed by atoms with E-state index in [9.17, 15) is 22.8 Å². The highest BCUT2D eigenvalue weighted by Gasteiger charge is 2.30. The first-order valence-corrected chi connectivity index (χ1v) is 6.99. The van der Waals surface area contributed by atoms with Gasteiger partial charge in [0.2, 0.25) is 0 Å². The second kappa shape index (κ2) is 5.57. The lowest BCUT2D eigenvalue weighted by Gasteiger charge is -2.09. The maximum atomic E-state index is 12.7. The minimum absolute atomic E-state index is 0.00511. The van der Waals surface area contributed by atoms with Crippen LogP contribution in [0.4, 0.5) is 18.9 Å². The molecule has 0 aliphatic heterocycles. The van der Waals surface area contributed by atoms with Gasteiger partial charge >= 0.3 is 6.18 Å². The zero-order valence-electron chi connectivity index (χ0n) is 11.9. The number of alkyl halides is 3.